The van der Waals surface area contributed by atoms with Crippen molar-refractivity contribution in [2.75, 3.05) is 0 Å². The Bertz CT molecular complexity index is 907. The van der Waals surface area contributed by atoms with Crippen LogP contribution in [0.5, 0.6) is 0 Å². The van der Waals surface area contributed by atoms with Crippen LogP contribution in [0.15, 0.2) is 54.6 Å². The SMILES string of the molecule is FC(F)(F)c1cc2c3ccccc3c3ccccc3c2[nH]1. The van der Waals surface area contributed by atoms with Crippen molar-refractivity contribution in [1.82, 2.24) is 4.98 Å². The Morgan fingerprint density at radius 3 is 1.71 bits per heavy atom. The zero-order chi connectivity index (χ0) is 14.6. The molecule has 21 heavy (non-hydrogen) atoms. The van der Waals surface area contributed by atoms with Crippen LogP contribution < -0.4 is 0 Å². The fourth-order valence-corrected chi connectivity index (χ4v) is 2.92. The Hall–Kier alpha value is -2.49. The third-order valence-corrected chi connectivity index (χ3v) is 3.83. The summed E-state index contributed by atoms with van der Waals surface area (Å²) < 4.78 is 39.0. The summed E-state index contributed by atoms with van der Waals surface area (Å²) in [4.78, 5) is 2.55. The van der Waals surface area contributed by atoms with Crippen LogP contribution in [-0.4, -0.2) is 4.98 Å². The van der Waals surface area contributed by atoms with Crippen molar-refractivity contribution in [2.45, 2.75) is 6.18 Å². The number of alkyl halides is 3. The topological polar surface area (TPSA) is 15.8 Å². The van der Waals surface area contributed by atoms with Crippen LogP contribution in [0.1, 0.15) is 5.69 Å². The van der Waals surface area contributed by atoms with Crippen LogP contribution in [0.3, 0.4) is 0 Å². The normalized spacial score (nSPS) is 12.5. The molecule has 104 valence electrons. The Morgan fingerprint density at radius 1 is 0.667 bits per heavy atom. The van der Waals surface area contributed by atoms with Crippen LogP contribution in [0.4, 0.5) is 13.2 Å². The lowest BCUT2D eigenvalue weighted by molar-refractivity contribution is -0.140. The maximum absolute atomic E-state index is 13.0. The summed E-state index contributed by atoms with van der Waals surface area (Å²) in [5.41, 5.74) is -0.171. The van der Waals surface area contributed by atoms with E-state index in [1.165, 1.54) is 6.07 Å². The minimum Gasteiger partial charge on any atom is -0.350 e. The van der Waals surface area contributed by atoms with E-state index in [1.54, 1.807) is 0 Å². The van der Waals surface area contributed by atoms with Gasteiger partial charge in [-0.1, -0.05) is 48.5 Å². The fourth-order valence-electron chi connectivity index (χ4n) is 2.92. The van der Waals surface area contributed by atoms with Crippen LogP contribution in [0, 0.1) is 0 Å². The van der Waals surface area contributed by atoms with Gasteiger partial charge in [0.15, 0.2) is 0 Å². The predicted molar refractivity (Wildman–Crippen MR) is 78.3 cm³/mol. The molecule has 0 aliphatic carbocycles. The molecule has 4 rings (SSSR count). The lowest BCUT2D eigenvalue weighted by Crippen LogP contribution is -2.04. The predicted octanol–water partition coefficient (Wildman–Crippen LogP) is 5.49. The quantitative estimate of drug-likeness (QED) is 0.411. The molecule has 0 fully saturated rings. The molecule has 1 heterocycles. The molecule has 3 aromatic carbocycles. The van der Waals surface area contributed by atoms with Crippen LogP contribution in [0.25, 0.3) is 32.4 Å². The largest absolute Gasteiger partial charge is 0.431 e. The van der Waals surface area contributed by atoms with Crippen LogP contribution in [-0.2, 0) is 6.18 Å². The maximum Gasteiger partial charge on any atom is 0.431 e. The summed E-state index contributed by atoms with van der Waals surface area (Å²) >= 11 is 0. The van der Waals surface area contributed by atoms with E-state index < -0.39 is 11.9 Å². The minimum atomic E-state index is -4.37. The van der Waals surface area contributed by atoms with Gasteiger partial charge in [-0.2, -0.15) is 13.2 Å². The third-order valence-electron chi connectivity index (χ3n) is 3.83. The fraction of sp³-hybridized carbons (Fsp3) is 0.0588. The number of nitrogens with one attached hydrogen (secondary N) is 1. The highest BCUT2D eigenvalue weighted by molar-refractivity contribution is 6.24. The summed E-state index contributed by atoms with van der Waals surface area (Å²) in [6, 6.07) is 16.3. The molecular weight excluding hydrogens is 275 g/mol. The molecule has 0 aliphatic heterocycles. The van der Waals surface area contributed by atoms with Gasteiger partial charge >= 0.3 is 6.18 Å². The molecule has 0 atom stereocenters. The Kier molecular flexibility index (Phi) is 2.34. The van der Waals surface area contributed by atoms with Crippen molar-refractivity contribution in [2.24, 2.45) is 0 Å². The van der Waals surface area contributed by atoms with Gasteiger partial charge in [0.25, 0.3) is 0 Å². The molecule has 0 radical (unpaired) electrons. The van der Waals surface area contributed by atoms with Crippen molar-refractivity contribution in [3.05, 3.63) is 60.3 Å². The van der Waals surface area contributed by atoms with E-state index in [2.05, 4.69) is 4.98 Å². The van der Waals surface area contributed by atoms with E-state index in [9.17, 15) is 13.2 Å². The van der Waals surface area contributed by atoms with E-state index in [4.69, 9.17) is 0 Å². The Labute approximate surface area is 118 Å². The highest BCUT2D eigenvalue weighted by Crippen LogP contribution is 2.38. The molecule has 0 aliphatic rings. The van der Waals surface area contributed by atoms with Gasteiger partial charge < -0.3 is 4.98 Å². The molecular formula is C17H10F3N. The Morgan fingerprint density at radius 2 is 1.14 bits per heavy atom. The number of hydrogen-bond donors (Lipinski definition) is 1. The Balaban J connectivity index is 2.29. The molecule has 1 aromatic heterocycles. The highest BCUT2D eigenvalue weighted by Gasteiger charge is 2.33. The van der Waals surface area contributed by atoms with E-state index in [-0.39, 0.29) is 0 Å². The van der Waals surface area contributed by atoms with Crippen molar-refractivity contribution in [3.8, 4) is 0 Å². The zero-order valence-electron chi connectivity index (χ0n) is 10.8. The number of H-pyrrole nitrogens is 1. The second kappa shape index (κ2) is 4.01. The zero-order valence-corrected chi connectivity index (χ0v) is 10.8. The lowest BCUT2D eigenvalue weighted by Gasteiger charge is -2.06. The summed E-state index contributed by atoms with van der Waals surface area (Å²) in [5, 5.41) is 4.17. The first-order valence-corrected chi connectivity index (χ1v) is 6.55. The molecule has 4 aromatic rings. The first kappa shape index (κ1) is 12.3. The molecule has 0 bridgehead atoms. The third kappa shape index (κ3) is 1.72. The van der Waals surface area contributed by atoms with Gasteiger partial charge in [0.2, 0.25) is 0 Å². The molecule has 1 N–H and O–H groups in total. The number of aromatic nitrogens is 1. The molecule has 0 amide bonds. The maximum atomic E-state index is 13.0. The average Bonchev–Trinajstić information content (AvgIpc) is 2.93. The summed E-state index contributed by atoms with van der Waals surface area (Å²) in [6.45, 7) is 0. The molecule has 0 spiro atoms. The van der Waals surface area contributed by atoms with E-state index in [0.29, 0.717) is 10.9 Å². The number of benzene rings is 3. The average molecular weight is 285 g/mol. The van der Waals surface area contributed by atoms with Crippen molar-refractivity contribution in [1.29, 1.82) is 0 Å². The molecule has 4 heteroatoms. The van der Waals surface area contributed by atoms with Gasteiger partial charge in [0, 0.05) is 10.8 Å². The van der Waals surface area contributed by atoms with Gasteiger partial charge in [-0.05, 0) is 22.2 Å². The first-order valence-electron chi connectivity index (χ1n) is 6.55. The van der Waals surface area contributed by atoms with E-state index >= 15 is 0 Å². The summed E-state index contributed by atoms with van der Waals surface area (Å²) in [7, 11) is 0. The number of fused-ring (bicyclic) bond motifs is 6. The van der Waals surface area contributed by atoms with Crippen LogP contribution >= 0.6 is 0 Å². The lowest BCUT2D eigenvalue weighted by atomic mass is 9.98. The van der Waals surface area contributed by atoms with Gasteiger partial charge in [0.1, 0.15) is 5.69 Å². The van der Waals surface area contributed by atoms with Gasteiger partial charge in [0.05, 0.1) is 5.52 Å². The molecule has 1 nitrogen and oxygen atoms in total. The van der Waals surface area contributed by atoms with Crippen LogP contribution in [0.2, 0.25) is 0 Å². The number of aromatic amines is 1. The van der Waals surface area contributed by atoms with Gasteiger partial charge in [-0.3, -0.25) is 0 Å². The number of halogens is 3. The van der Waals surface area contributed by atoms with Gasteiger partial charge in [-0.15, -0.1) is 0 Å². The van der Waals surface area contributed by atoms with Gasteiger partial charge in [-0.25, -0.2) is 0 Å². The van der Waals surface area contributed by atoms with Crippen molar-refractivity contribution >= 4 is 32.4 Å². The monoisotopic (exact) mass is 285 g/mol. The first-order chi connectivity index (χ1) is 10.1. The second-order valence-electron chi connectivity index (χ2n) is 5.06. The van der Waals surface area contributed by atoms with E-state index in [0.717, 1.165) is 21.5 Å². The molecule has 0 saturated carbocycles. The smallest absolute Gasteiger partial charge is 0.350 e. The van der Waals surface area contributed by atoms with E-state index in [1.807, 2.05) is 48.5 Å². The molecule has 0 saturated heterocycles. The highest BCUT2D eigenvalue weighted by atomic mass is 19.4. The summed E-state index contributed by atoms with van der Waals surface area (Å²) in [6.07, 6.45) is -4.37. The minimum absolute atomic E-state index is 0.539. The second-order valence-corrected chi connectivity index (χ2v) is 5.06. The number of rotatable bonds is 0. The van der Waals surface area contributed by atoms with Crippen molar-refractivity contribution in [3.63, 3.8) is 0 Å². The molecule has 0 unspecified atom stereocenters. The van der Waals surface area contributed by atoms with Crippen molar-refractivity contribution < 1.29 is 13.2 Å². The standard InChI is InChI=1S/C17H10F3N/c18-17(19,20)15-9-14-12-7-2-1-5-10(12)11-6-3-4-8-13(11)16(14)21-15/h1-9,21H. The summed E-state index contributed by atoms with van der Waals surface area (Å²) in [5.74, 6) is 0. The number of hydrogen-bond acceptors (Lipinski definition) is 0.